The zero-order chi connectivity index (χ0) is 23.3. The minimum atomic E-state index is -2.79. The number of hydrogen-bond acceptors (Lipinski definition) is 8. The van der Waals surface area contributed by atoms with Crippen molar-refractivity contribution in [3.63, 3.8) is 0 Å². The number of fused-ring (bicyclic) bond motifs is 1. The van der Waals surface area contributed by atoms with Crippen LogP contribution in [0.2, 0.25) is 0 Å². The summed E-state index contributed by atoms with van der Waals surface area (Å²) in [7, 11) is 0. The molecule has 3 rings (SSSR count). The maximum Gasteiger partial charge on any atom is 0.453 e. The van der Waals surface area contributed by atoms with Crippen molar-refractivity contribution in [2.24, 2.45) is 0 Å². The molecule has 2 atom stereocenters. The summed E-state index contributed by atoms with van der Waals surface area (Å²) in [5.41, 5.74) is 1.23. The molecule has 0 bridgehead atoms. The van der Waals surface area contributed by atoms with Crippen LogP contribution in [0.1, 0.15) is 18.1 Å². The average Bonchev–Trinajstić information content (AvgIpc) is 3.17. The summed E-state index contributed by atoms with van der Waals surface area (Å²) in [6, 6.07) is 13.3. The maximum atomic E-state index is 11.3. The Hall–Kier alpha value is -3.81. The number of rotatable bonds is 10. The van der Waals surface area contributed by atoms with Gasteiger partial charge in [-0.2, -0.15) is 5.26 Å². The molecule has 0 spiro atoms. The van der Waals surface area contributed by atoms with Gasteiger partial charge in [0.1, 0.15) is 18.5 Å². The number of aliphatic hydroxyl groups excluding tert-OH is 1. The fourth-order valence-corrected chi connectivity index (χ4v) is 3.11. The Morgan fingerprint density at radius 1 is 1.16 bits per heavy atom. The molecule has 1 heterocycles. The van der Waals surface area contributed by atoms with E-state index in [4.69, 9.17) is 19.5 Å². The van der Waals surface area contributed by atoms with Gasteiger partial charge in [0.15, 0.2) is 11.5 Å². The molecule has 0 aliphatic carbocycles. The first-order chi connectivity index (χ1) is 15.2. The van der Waals surface area contributed by atoms with E-state index >= 15 is 0 Å². The van der Waals surface area contributed by atoms with Crippen LogP contribution in [0.5, 0.6) is 17.2 Å². The molecule has 0 amide bonds. The summed E-state index contributed by atoms with van der Waals surface area (Å²) in [5.74, 6) is -5.74. The van der Waals surface area contributed by atoms with Gasteiger partial charge < -0.3 is 34.8 Å². The van der Waals surface area contributed by atoms with Crippen molar-refractivity contribution >= 4 is 11.9 Å². The van der Waals surface area contributed by atoms with E-state index in [1.807, 2.05) is 13.0 Å². The Kier molecular flexibility index (Phi) is 6.82. The van der Waals surface area contributed by atoms with Gasteiger partial charge in [-0.25, -0.2) is 9.59 Å². The van der Waals surface area contributed by atoms with Crippen molar-refractivity contribution in [2.75, 3.05) is 13.2 Å². The second kappa shape index (κ2) is 9.55. The molecule has 4 N–H and O–H groups in total. The number of carboxylic acid groups (broad SMARTS) is 2. The van der Waals surface area contributed by atoms with Crippen LogP contribution in [0.25, 0.3) is 0 Å². The molecular formula is C22H22N2O8. The van der Waals surface area contributed by atoms with Crippen LogP contribution < -0.4 is 19.5 Å². The second-order valence-electron chi connectivity index (χ2n) is 7.33. The molecule has 2 aromatic rings. The number of ether oxygens (including phenoxy) is 3. The van der Waals surface area contributed by atoms with Gasteiger partial charge in [-0.1, -0.05) is 12.1 Å². The monoisotopic (exact) mass is 442 g/mol. The SMILES string of the molecule is CC(Cc1ccc2c(c1)OC(C(=O)O)(C(=O)O)O2)NCC(O)COc1cccc(C#N)c1. The Balaban J connectivity index is 1.50. The fraction of sp³-hybridized carbons (Fsp3) is 0.318. The van der Waals surface area contributed by atoms with Gasteiger partial charge in [-0.05, 0) is 49.2 Å². The van der Waals surface area contributed by atoms with Crippen molar-refractivity contribution in [1.29, 1.82) is 5.26 Å². The summed E-state index contributed by atoms with van der Waals surface area (Å²) in [6.07, 6.45) is -0.284. The second-order valence-corrected chi connectivity index (χ2v) is 7.33. The highest BCUT2D eigenvalue weighted by Crippen LogP contribution is 2.40. The smallest absolute Gasteiger partial charge is 0.453 e. The van der Waals surface area contributed by atoms with Crippen molar-refractivity contribution in [3.8, 4) is 23.3 Å². The maximum absolute atomic E-state index is 11.3. The third-order valence-corrected chi connectivity index (χ3v) is 4.73. The molecule has 0 aromatic heterocycles. The van der Waals surface area contributed by atoms with Gasteiger partial charge >= 0.3 is 17.7 Å². The van der Waals surface area contributed by atoms with E-state index < -0.39 is 23.8 Å². The molecule has 2 unspecified atom stereocenters. The van der Waals surface area contributed by atoms with Crippen molar-refractivity contribution in [1.82, 2.24) is 5.32 Å². The molecule has 0 fully saturated rings. The molecule has 168 valence electrons. The standard InChI is InChI=1S/C22H22N2O8/c1-13(24-11-16(25)12-30-17-4-2-3-15(8-17)10-23)7-14-5-6-18-19(9-14)32-22(31-18,20(26)27)21(28)29/h2-6,8-9,13,16,24-25H,7,11-12H2,1H3,(H,26,27)(H,28,29). The highest BCUT2D eigenvalue weighted by molar-refractivity contribution is 6.01. The molecule has 1 aliphatic heterocycles. The number of nitrogens with zero attached hydrogens (tertiary/aromatic N) is 1. The zero-order valence-electron chi connectivity index (χ0n) is 17.1. The Morgan fingerprint density at radius 2 is 1.88 bits per heavy atom. The van der Waals surface area contributed by atoms with Crippen molar-refractivity contribution < 1.29 is 39.1 Å². The quantitative estimate of drug-likeness (QED) is 0.393. The van der Waals surface area contributed by atoms with Crippen molar-refractivity contribution in [2.45, 2.75) is 31.3 Å². The lowest BCUT2D eigenvalue weighted by atomic mass is 10.1. The number of aliphatic carboxylic acids is 2. The highest BCUT2D eigenvalue weighted by Gasteiger charge is 2.57. The highest BCUT2D eigenvalue weighted by atomic mass is 16.8. The molecule has 10 heteroatoms. The van der Waals surface area contributed by atoms with E-state index in [1.54, 1.807) is 30.3 Å². The molecule has 0 saturated carbocycles. The van der Waals surface area contributed by atoms with Crippen LogP contribution in [0.15, 0.2) is 42.5 Å². The Labute approximate surface area is 183 Å². The molecule has 2 aromatic carbocycles. The number of aliphatic hydroxyl groups is 1. The topological polar surface area (TPSA) is 158 Å². The first kappa shape index (κ1) is 22.9. The minimum Gasteiger partial charge on any atom is -0.491 e. The van der Waals surface area contributed by atoms with Crippen LogP contribution >= 0.6 is 0 Å². The Bertz CT molecular complexity index is 1030. The van der Waals surface area contributed by atoms with Crippen LogP contribution in [0.3, 0.4) is 0 Å². The van der Waals surface area contributed by atoms with Crippen LogP contribution in [0.4, 0.5) is 0 Å². The predicted molar refractivity (Wildman–Crippen MR) is 110 cm³/mol. The van der Waals surface area contributed by atoms with Crippen LogP contribution in [-0.4, -0.2) is 58.3 Å². The van der Waals surface area contributed by atoms with E-state index in [0.717, 1.165) is 5.56 Å². The summed E-state index contributed by atoms with van der Waals surface area (Å²) in [4.78, 5) is 22.7. The lowest BCUT2D eigenvalue weighted by Gasteiger charge is -2.18. The minimum absolute atomic E-state index is 0.0344. The third kappa shape index (κ3) is 5.08. The number of nitrogens with one attached hydrogen (secondary N) is 1. The fourth-order valence-electron chi connectivity index (χ4n) is 3.11. The van der Waals surface area contributed by atoms with Crippen LogP contribution in [-0.2, 0) is 16.0 Å². The van der Waals surface area contributed by atoms with Crippen LogP contribution in [0, 0.1) is 11.3 Å². The van der Waals surface area contributed by atoms with Gasteiger partial charge in [0.2, 0.25) is 0 Å². The molecular weight excluding hydrogens is 420 g/mol. The number of carboxylic acids is 2. The van der Waals surface area contributed by atoms with E-state index in [9.17, 15) is 24.9 Å². The van der Waals surface area contributed by atoms with Crippen molar-refractivity contribution in [3.05, 3.63) is 53.6 Å². The largest absolute Gasteiger partial charge is 0.491 e. The average molecular weight is 442 g/mol. The number of nitriles is 1. The normalized spacial score (nSPS) is 15.4. The summed E-state index contributed by atoms with van der Waals surface area (Å²) in [5, 5.41) is 40.6. The zero-order valence-corrected chi connectivity index (χ0v) is 17.1. The van der Waals surface area contributed by atoms with Gasteiger partial charge in [0, 0.05) is 12.6 Å². The van der Waals surface area contributed by atoms with Gasteiger partial charge in [-0.15, -0.1) is 0 Å². The summed E-state index contributed by atoms with van der Waals surface area (Å²) < 4.78 is 15.6. The molecule has 0 radical (unpaired) electrons. The lowest BCUT2D eigenvalue weighted by Crippen LogP contribution is -2.54. The first-order valence-electron chi connectivity index (χ1n) is 9.75. The number of carbonyl (C=O) groups is 2. The number of benzene rings is 2. The van der Waals surface area contributed by atoms with E-state index in [1.165, 1.54) is 12.1 Å². The molecule has 1 aliphatic rings. The van der Waals surface area contributed by atoms with E-state index in [0.29, 0.717) is 17.7 Å². The summed E-state index contributed by atoms with van der Waals surface area (Å²) >= 11 is 0. The first-order valence-corrected chi connectivity index (χ1v) is 9.75. The lowest BCUT2D eigenvalue weighted by molar-refractivity contribution is -0.194. The van der Waals surface area contributed by atoms with Gasteiger partial charge in [0.25, 0.3) is 0 Å². The summed E-state index contributed by atoms with van der Waals surface area (Å²) in [6.45, 7) is 2.20. The van der Waals surface area contributed by atoms with Gasteiger partial charge in [-0.3, -0.25) is 0 Å². The third-order valence-electron chi connectivity index (χ3n) is 4.73. The molecule has 0 saturated heterocycles. The molecule has 10 nitrogen and oxygen atoms in total. The Morgan fingerprint density at radius 3 is 2.56 bits per heavy atom. The number of hydrogen-bond donors (Lipinski definition) is 4. The molecule has 32 heavy (non-hydrogen) atoms. The van der Waals surface area contributed by atoms with E-state index in [2.05, 4.69) is 5.32 Å². The van der Waals surface area contributed by atoms with E-state index in [-0.39, 0.29) is 30.7 Å². The predicted octanol–water partition coefficient (Wildman–Crippen LogP) is 1.16. The van der Waals surface area contributed by atoms with Gasteiger partial charge in [0.05, 0.1) is 11.6 Å².